The summed E-state index contributed by atoms with van der Waals surface area (Å²) in [5.41, 5.74) is 1.30. The third-order valence-electron chi connectivity index (χ3n) is 7.51. The Labute approximate surface area is 223 Å². The number of carbonyl (C=O) groups excluding carboxylic acids is 2. The number of fused-ring (bicyclic) bond motifs is 2. The molecule has 208 valence electrons. The van der Waals surface area contributed by atoms with Gasteiger partial charge in [0.2, 0.25) is 5.91 Å². The molecule has 8 nitrogen and oxygen atoms in total. The smallest absolute Gasteiger partial charge is 0.379 e. The van der Waals surface area contributed by atoms with Gasteiger partial charge in [0, 0.05) is 35.8 Å². The Bertz CT molecular complexity index is 1170. The highest BCUT2D eigenvalue weighted by Gasteiger charge is 2.39. The molecule has 0 radical (unpaired) electrons. The number of amides is 2. The van der Waals surface area contributed by atoms with Crippen LogP contribution in [-0.2, 0) is 47.9 Å². The highest BCUT2D eigenvalue weighted by molar-refractivity contribution is 7.17. The molecule has 2 aromatic rings. The molecule has 0 unspecified atom stereocenters. The summed E-state index contributed by atoms with van der Waals surface area (Å²) in [7, 11) is 0. The van der Waals surface area contributed by atoms with E-state index in [1.54, 1.807) is 0 Å². The van der Waals surface area contributed by atoms with E-state index < -0.39 is 17.8 Å². The van der Waals surface area contributed by atoms with Crippen LogP contribution in [0.1, 0.15) is 69.9 Å². The van der Waals surface area contributed by atoms with Gasteiger partial charge in [0.05, 0.1) is 18.8 Å². The van der Waals surface area contributed by atoms with Gasteiger partial charge < -0.3 is 15.4 Å². The van der Waals surface area contributed by atoms with Crippen molar-refractivity contribution < 1.29 is 27.5 Å². The fourth-order valence-corrected chi connectivity index (χ4v) is 6.95. The van der Waals surface area contributed by atoms with Gasteiger partial charge in [-0.05, 0) is 69.9 Å². The van der Waals surface area contributed by atoms with Crippen molar-refractivity contribution in [1.29, 1.82) is 0 Å². The fraction of sp³-hybridized carbons (Fsp3) is 0.654. The molecule has 5 rings (SSSR count). The molecule has 0 aromatic carbocycles. The number of halogens is 3. The van der Waals surface area contributed by atoms with E-state index in [9.17, 15) is 22.8 Å². The van der Waals surface area contributed by atoms with Crippen molar-refractivity contribution in [2.45, 2.75) is 70.5 Å². The Balaban J connectivity index is 1.27. The van der Waals surface area contributed by atoms with Crippen LogP contribution in [0, 0.1) is 0 Å². The third kappa shape index (κ3) is 6.07. The predicted octanol–water partition coefficient (Wildman–Crippen LogP) is 3.81. The number of ether oxygens (including phenoxy) is 1. The molecule has 2 N–H and O–H groups in total. The standard InChI is InChI=1S/C26H34F3N5O3S/c27-26(28,29)23-17-6-1-3-8-19(17)34(32-23)16-21(35)31-25-22(18-7-2-4-9-20(18)38-25)24(36)30-10-5-11-33-12-14-37-15-13-33/h1-16H2,(H,30,36)(H,31,35). The van der Waals surface area contributed by atoms with Gasteiger partial charge in [0.15, 0.2) is 5.69 Å². The topological polar surface area (TPSA) is 88.5 Å². The molecule has 0 bridgehead atoms. The molecule has 0 atom stereocenters. The predicted molar refractivity (Wildman–Crippen MR) is 138 cm³/mol. The number of anilines is 1. The monoisotopic (exact) mass is 553 g/mol. The van der Waals surface area contributed by atoms with Crippen LogP contribution in [0.15, 0.2) is 0 Å². The molecular formula is C26H34F3N5O3S. The normalized spacial score (nSPS) is 18.1. The molecule has 3 heterocycles. The van der Waals surface area contributed by atoms with Gasteiger partial charge in [0.1, 0.15) is 11.5 Å². The van der Waals surface area contributed by atoms with Crippen LogP contribution >= 0.6 is 11.3 Å². The van der Waals surface area contributed by atoms with Crippen LogP contribution in [0.3, 0.4) is 0 Å². The summed E-state index contributed by atoms with van der Waals surface area (Å²) < 4.78 is 47.2. The highest BCUT2D eigenvalue weighted by Crippen LogP contribution is 2.39. The van der Waals surface area contributed by atoms with Crippen LogP contribution in [0.25, 0.3) is 0 Å². The highest BCUT2D eigenvalue weighted by atomic mass is 32.1. The van der Waals surface area contributed by atoms with Gasteiger partial charge in [-0.1, -0.05) is 0 Å². The van der Waals surface area contributed by atoms with E-state index in [1.165, 1.54) is 16.0 Å². The minimum absolute atomic E-state index is 0.209. The molecule has 2 amide bonds. The lowest BCUT2D eigenvalue weighted by molar-refractivity contribution is -0.142. The first-order valence-corrected chi connectivity index (χ1v) is 14.3. The number of alkyl halides is 3. The van der Waals surface area contributed by atoms with Gasteiger partial charge in [-0.3, -0.25) is 19.2 Å². The van der Waals surface area contributed by atoms with Crippen LogP contribution in [-0.4, -0.2) is 65.9 Å². The summed E-state index contributed by atoms with van der Waals surface area (Å²) in [6, 6.07) is 0. The summed E-state index contributed by atoms with van der Waals surface area (Å²) >= 11 is 1.40. The van der Waals surface area contributed by atoms with Crippen molar-refractivity contribution in [2.24, 2.45) is 0 Å². The molecule has 38 heavy (non-hydrogen) atoms. The van der Waals surface area contributed by atoms with E-state index in [0.717, 1.165) is 81.8 Å². The van der Waals surface area contributed by atoms with E-state index in [0.29, 0.717) is 42.1 Å². The first-order valence-electron chi connectivity index (χ1n) is 13.5. The number of aryl methyl sites for hydroxylation is 1. The van der Waals surface area contributed by atoms with E-state index in [4.69, 9.17) is 4.74 Å². The van der Waals surface area contributed by atoms with Crippen LogP contribution < -0.4 is 10.6 Å². The summed E-state index contributed by atoms with van der Waals surface area (Å²) in [5.74, 6) is -0.688. The van der Waals surface area contributed by atoms with Gasteiger partial charge in [0.25, 0.3) is 5.91 Å². The average Bonchev–Trinajstić information content (AvgIpc) is 3.45. The zero-order valence-electron chi connectivity index (χ0n) is 21.4. The number of nitrogens with zero attached hydrogens (tertiary/aromatic N) is 3. The van der Waals surface area contributed by atoms with Crippen molar-refractivity contribution >= 4 is 28.2 Å². The maximum absolute atomic E-state index is 13.6. The largest absolute Gasteiger partial charge is 0.435 e. The number of morpholine rings is 1. The fourth-order valence-electron chi connectivity index (χ4n) is 5.64. The summed E-state index contributed by atoms with van der Waals surface area (Å²) in [6.45, 7) is 4.33. The number of carbonyl (C=O) groups is 2. The van der Waals surface area contributed by atoms with E-state index in [2.05, 4.69) is 20.6 Å². The number of aromatic nitrogens is 2. The maximum Gasteiger partial charge on any atom is 0.435 e. The van der Waals surface area contributed by atoms with Gasteiger partial charge in [-0.25, -0.2) is 0 Å². The molecular weight excluding hydrogens is 519 g/mol. The first-order chi connectivity index (χ1) is 18.3. The number of rotatable bonds is 8. The molecule has 2 aromatic heterocycles. The second-order valence-electron chi connectivity index (χ2n) is 10.2. The second kappa shape index (κ2) is 11.7. The molecule has 1 saturated heterocycles. The van der Waals surface area contributed by atoms with E-state index in [-0.39, 0.29) is 18.0 Å². The summed E-state index contributed by atoms with van der Waals surface area (Å²) in [6.07, 6.45) is 2.14. The number of hydrogen-bond donors (Lipinski definition) is 2. The minimum Gasteiger partial charge on any atom is -0.379 e. The number of hydrogen-bond acceptors (Lipinski definition) is 6. The van der Waals surface area contributed by atoms with Crippen LogP contribution in [0.5, 0.6) is 0 Å². The third-order valence-corrected chi connectivity index (χ3v) is 8.72. The zero-order valence-corrected chi connectivity index (χ0v) is 22.2. The lowest BCUT2D eigenvalue weighted by atomic mass is 9.95. The van der Waals surface area contributed by atoms with Crippen molar-refractivity contribution in [1.82, 2.24) is 20.0 Å². The Kier molecular flexibility index (Phi) is 8.39. The summed E-state index contributed by atoms with van der Waals surface area (Å²) in [5, 5.41) is 10.1. The SMILES string of the molecule is O=C(Cn1nc(C(F)(F)F)c2c1CCCC2)Nc1sc2c(c1C(=O)NCCCN1CCOCC1)CCCC2. The van der Waals surface area contributed by atoms with E-state index >= 15 is 0 Å². The molecule has 1 fully saturated rings. The van der Waals surface area contributed by atoms with Crippen molar-refractivity contribution in [3.8, 4) is 0 Å². The molecule has 3 aliphatic rings. The molecule has 0 saturated carbocycles. The Hall–Kier alpha value is -2.44. The molecule has 1 aliphatic heterocycles. The Morgan fingerprint density at radius 2 is 1.71 bits per heavy atom. The molecule has 12 heteroatoms. The van der Waals surface area contributed by atoms with E-state index in [1.807, 2.05) is 0 Å². The first kappa shape index (κ1) is 27.1. The van der Waals surface area contributed by atoms with Crippen LogP contribution in [0.2, 0.25) is 0 Å². The minimum atomic E-state index is -4.55. The Morgan fingerprint density at radius 1 is 1.00 bits per heavy atom. The van der Waals surface area contributed by atoms with Crippen molar-refractivity contribution in [2.75, 3.05) is 44.7 Å². The van der Waals surface area contributed by atoms with Gasteiger partial charge in [-0.15, -0.1) is 11.3 Å². The van der Waals surface area contributed by atoms with Crippen molar-refractivity contribution in [3.05, 3.63) is 33.0 Å². The lowest BCUT2D eigenvalue weighted by Crippen LogP contribution is -2.38. The van der Waals surface area contributed by atoms with Crippen LogP contribution in [0.4, 0.5) is 18.2 Å². The maximum atomic E-state index is 13.6. The van der Waals surface area contributed by atoms with Gasteiger partial charge >= 0.3 is 6.18 Å². The average molecular weight is 554 g/mol. The number of thiophene rings is 1. The lowest BCUT2D eigenvalue weighted by Gasteiger charge is -2.26. The second-order valence-corrected chi connectivity index (χ2v) is 11.3. The zero-order chi connectivity index (χ0) is 26.7. The molecule has 0 spiro atoms. The quantitative estimate of drug-likeness (QED) is 0.486. The number of nitrogens with one attached hydrogen (secondary N) is 2. The van der Waals surface area contributed by atoms with Gasteiger partial charge in [-0.2, -0.15) is 18.3 Å². The molecule has 2 aliphatic carbocycles. The summed E-state index contributed by atoms with van der Waals surface area (Å²) in [4.78, 5) is 29.7. The van der Waals surface area contributed by atoms with Crippen molar-refractivity contribution in [3.63, 3.8) is 0 Å². The Morgan fingerprint density at radius 3 is 2.47 bits per heavy atom.